The van der Waals surface area contributed by atoms with E-state index in [0.29, 0.717) is 24.2 Å². The van der Waals surface area contributed by atoms with Crippen LogP contribution in [-0.4, -0.2) is 18.0 Å². The highest BCUT2D eigenvalue weighted by molar-refractivity contribution is 5.91. The molecule has 1 aliphatic carbocycles. The Morgan fingerprint density at radius 2 is 2.06 bits per heavy atom. The second-order valence-corrected chi connectivity index (χ2v) is 5.34. The normalized spacial score (nSPS) is 27.4. The number of allylic oxidation sites excluding steroid dienone is 2. The van der Waals surface area contributed by atoms with Crippen molar-refractivity contribution in [1.82, 2.24) is 0 Å². The minimum Gasteiger partial charge on any atom is -0.455 e. The van der Waals surface area contributed by atoms with Gasteiger partial charge in [0.1, 0.15) is 5.76 Å². The number of carbonyl (C=O) groups is 2. The van der Waals surface area contributed by atoms with Crippen molar-refractivity contribution < 1.29 is 19.1 Å². The number of hydrogen-bond donors (Lipinski definition) is 0. The molecule has 0 aromatic rings. The van der Waals surface area contributed by atoms with Crippen LogP contribution >= 0.6 is 0 Å². The fourth-order valence-electron chi connectivity index (χ4n) is 2.08. The summed E-state index contributed by atoms with van der Waals surface area (Å²) in [6.45, 7) is 5.71. The summed E-state index contributed by atoms with van der Waals surface area (Å²) in [4.78, 5) is 22.7. The summed E-state index contributed by atoms with van der Waals surface area (Å²) < 4.78 is 10.5. The lowest BCUT2D eigenvalue weighted by Gasteiger charge is -2.29. The van der Waals surface area contributed by atoms with E-state index >= 15 is 0 Å². The SMILES string of the molecule is CC1=CC(OC2=CC(=O)CC(C)(C)C2)OC1=O. The van der Waals surface area contributed by atoms with E-state index in [9.17, 15) is 9.59 Å². The van der Waals surface area contributed by atoms with Gasteiger partial charge in [0.25, 0.3) is 6.29 Å². The first kappa shape index (κ1) is 11.9. The molecule has 0 bridgehead atoms. The van der Waals surface area contributed by atoms with Crippen molar-refractivity contribution in [3.8, 4) is 0 Å². The summed E-state index contributed by atoms with van der Waals surface area (Å²) in [6.07, 6.45) is 3.64. The molecule has 1 atom stereocenters. The van der Waals surface area contributed by atoms with Crippen molar-refractivity contribution in [3.63, 3.8) is 0 Å². The monoisotopic (exact) mass is 236 g/mol. The summed E-state index contributed by atoms with van der Waals surface area (Å²) in [7, 11) is 0. The number of esters is 1. The van der Waals surface area contributed by atoms with Crippen molar-refractivity contribution >= 4 is 11.8 Å². The van der Waals surface area contributed by atoms with Crippen molar-refractivity contribution in [2.75, 3.05) is 0 Å². The molecule has 17 heavy (non-hydrogen) atoms. The standard InChI is InChI=1S/C13H16O4/c1-8-4-11(17-12(8)15)16-10-5-9(14)6-13(2,3)7-10/h4-5,11H,6-7H2,1-3H3. The molecule has 0 fully saturated rings. The van der Waals surface area contributed by atoms with Crippen molar-refractivity contribution in [2.45, 2.75) is 39.9 Å². The average Bonchev–Trinajstić information content (AvgIpc) is 2.41. The van der Waals surface area contributed by atoms with Crippen LogP contribution in [0.4, 0.5) is 0 Å². The molecule has 4 heteroatoms. The first-order chi connectivity index (χ1) is 7.85. The molecule has 1 heterocycles. The molecular formula is C13H16O4. The average molecular weight is 236 g/mol. The van der Waals surface area contributed by atoms with E-state index in [2.05, 4.69) is 0 Å². The highest BCUT2D eigenvalue weighted by Crippen LogP contribution is 2.35. The predicted octanol–water partition coefficient (Wildman–Crippen LogP) is 2.11. The van der Waals surface area contributed by atoms with Gasteiger partial charge in [-0.15, -0.1) is 0 Å². The lowest BCUT2D eigenvalue weighted by atomic mass is 9.79. The lowest BCUT2D eigenvalue weighted by molar-refractivity contribution is -0.154. The third kappa shape index (κ3) is 2.75. The molecule has 0 amide bonds. The molecule has 0 saturated heterocycles. The third-order valence-electron chi connectivity index (χ3n) is 2.83. The minimum absolute atomic E-state index is 0.0567. The van der Waals surface area contributed by atoms with Gasteiger partial charge in [0.15, 0.2) is 5.78 Å². The van der Waals surface area contributed by atoms with Gasteiger partial charge >= 0.3 is 5.97 Å². The molecular weight excluding hydrogens is 220 g/mol. The molecule has 0 N–H and O–H groups in total. The van der Waals surface area contributed by atoms with Crippen LogP contribution in [0.3, 0.4) is 0 Å². The molecule has 92 valence electrons. The summed E-state index contributed by atoms with van der Waals surface area (Å²) in [6, 6.07) is 0. The molecule has 0 spiro atoms. The Kier molecular flexibility index (Phi) is 2.81. The Morgan fingerprint density at radius 3 is 2.59 bits per heavy atom. The second kappa shape index (κ2) is 4.02. The third-order valence-corrected chi connectivity index (χ3v) is 2.83. The van der Waals surface area contributed by atoms with Crippen molar-refractivity contribution in [1.29, 1.82) is 0 Å². The number of cyclic esters (lactones) is 1. The smallest absolute Gasteiger partial charge is 0.336 e. The van der Waals surface area contributed by atoms with E-state index in [0.717, 1.165) is 0 Å². The largest absolute Gasteiger partial charge is 0.455 e. The van der Waals surface area contributed by atoms with E-state index in [1.54, 1.807) is 13.0 Å². The van der Waals surface area contributed by atoms with Crippen LogP contribution in [0.25, 0.3) is 0 Å². The van der Waals surface area contributed by atoms with Gasteiger partial charge in [-0.3, -0.25) is 4.79 Å². The highest BCUT2D eigenvalue weighted by Gasteiger charge is 2.31. The van der Waals surface area contributed by atoms with Crippen LogP contribution in [0.5, 0.6) is 0 Å². The molecule has 2 aliphatic rings. The highest BCUT2D eigenvalue weighted by atomic mass is 16.7. The van der Waals surface area contributed by atoms with Crippen LogP contribution in [0.1, 0.15) is 33.6 Å². The summed E-state index contributed by atoms with van der Waals surface area (Å²) in [5, 5.41) is 0. The quantitative estimate of drug-likeness (QED) is 0.689. The Balaban J connectivity index is 2.05. The van der Waals surface area contributed by atoms with Crippen LogP contribution in [0.2, 0.25) is 0 Å². The van der Waals surface area contributed by atoms with Gasteiger partial charge in [0, 0.05) is 30.6 Å². The van der Waals surface area contributed by atoms with Gasteiger partial charge in [-0.2, -0.15) is 0 Å². The Hall–Kier alpha value is -1.58. The minimum atomic E-state index is -0.685. The van der Waals surface area contributed by atoms with Crippen LogP contribution < -0.4 is 0 Å². The molecule has 0 saturated carbocycles. The fraction of sp³-hybridized carbons (Fsp3) is 0.538. The maximum Gasteiger partial charge on any atom is 0.336 e. The predicted molar refractivity (Wildman–Crippen MR) is 60.8 cm³/mol. The van der Waals surface area contributed by atoms with Crippen LogP contribution in [0.15, 0.2) is 23.5 Å². The molecule has 1 aliphatic heterocycles. The van der Waals surface area contributed by atoms with E-state index in [-0.39, 0.29) is 17.2 Å². The number of rotatable bonds is 2. The first-order valence-electron chi connectivity index (χ1n) is 5.65. The van der Waals surface area contributed by atoms with Gasteiger partial charge < -0.3 is 9.47 Å². The van der Waals surface area contributed by atoms with Gasteiger partial charge in [-0.05, 0) is 12.3 Å². The number of hydrogen-bond acceptors (Lipinski definition) is 4. The lowest BCUT2D eigenvalue weighted by Crippen LogP contribution is -2.24. The number of ketones is 1. The van der Waals surface area contributed by atoms with Crippen molar-refractivity contribution in [3.05, 3.63) is 23.5 Å². The summed E-state index contributed by atoms with van der Waals surface area (Å²) >= 11 is 0. The van der Waals surface area contributed by atoms with E-state index in [1.165, 1.54) is 6.08 Å². The topological polar surface area (TPSA) is 52.6 Å². The fourth-order valence-corrected chi connectivity index (χ4v) is 2.08. The zero-order valence-electron chi connectivity index (χ0n) is 10.3. The van der Waals surface area contributed by atoms with Gasteiger partial charge in [0.2, 0.25) is 0 Å². The number of ether oxygens (including phenoxy) is 2. The summed E-state index contributed by atoms with van der Waals surface area (Å²) in [5.41, 5.74) is 0.444. The first-order valence-corrected chi connectivity index (χ1v) is 5.65. The van der Waals surface area contributed by atoms with Crippen LogP contribution in [0, 0.1) is 5.41 Å². The molecule has 1 unspecified atom stereocenters. The van der Waals surface area contributed by atoms with Gasteiger partial charge in [-0.25, -0.2) is 4.79 Å². The van der Waals surface area contributed by atoms with E-state index in [4.69, 9.17) is 9.47 Å². The Labute approximate surface area is 100 Å². The molecule has 0 aromatic carbocycles. The molecule has 0 aromatic heterocycles. The Morgan fingerprint density at radius 1 is 1.35 bits per heavy atom. The maximum absolute atomic E-state index is 11.5. The van der Waals surface area contributed by atoms with Gasteiger partial charge in [0.05, 0.1) is 0 Å². The van der Waals surface area contributed by atoms with E-state index < -0.39 is 6.29 Å². The zero-order valence-corrected chi connectivity index (χ0v) is 10.3. The van der Waals surface area contributed by atoms with E-state index in [1.807, 2.05) is 13.8 Å². The zero-order chi connectivity index (χ0) is 12.6. The second-order valence-electron chi connectivity index (χ2n) is 5.34. The molecule has 4 nitrogen and oxygen atoms in total. The van der Waals surface area contributed by atoms with Crippen molar-refractivity contribution in [2.24, 2.45) is 5.41 Å². The molecule has 0 radical (unpaired) electrons. The number of carbonyl (C=O) groups excluding carboxylic acids is 2. The van der Waals surface area contributed by atoms with Crippen LogP contribution in [-0.2, 0) is 19.1 Å². The molecule has 2 rings (SSSR count). The Bertz CT molecular complexity index is 429. The van der Waals surface area contributed by atoms with Gasteiger partial charge in [-0.1, -0.05) is 13.8 Å². The summed E-state index contributed by atoms with van der Waals surface area (Å²) in [5.74, 6) is 0.285. The maximum atomic E-state index is 11.5.